The molecule has 1 N–H and O–H groups in total. The van der Waals surface area contributed by atoms with Crippen LogP contribution in [0.25, 0.3) is 0 Å². The van der Waals surface area contributed by atoms with Gasteiger partial charge in [-0.05, 0) is 30.7 Å². The van der Waals surface area contributed by atoms with Crippen LogP contribution in [0.1, 0.15) is 5.56 Å². The first kappa shape index (κ1) is 16.0. The predicted molar refractivity (Wildman–Crippen MR) is 90.4 cm³/mol. The zero-order valence-electron chi connectivity index (χ0n) is 11.4. The number of nitrogens with one attached hydrogen (secondary N) is 1. The van der Waals surface area contributed by atoms with Gasteiger partial charge in [0.1, 0.15) is 0 Å². The molecule has 0 saturated carbocycles. The maximum absolute atomic E-state index is 11.7. The van der Waals surface area contributed by atoms with Crippen LogP contribution >= 0.6 is 35.4 Å². The number of ether oxygens (including phenoxy) is 1. The largest absolute Gasteiger partial charge is 0.465 e. The van der Waals surface area contributed by atoms with Gasteiger partial charge in [0.05, 0.1) is 34.3 Å². The summed E-state index contributed by atoms with van der Waals surface area (Å²) >= 11 is 17.5. The Labute approximate surface area is 138 Å². The van der Waals surface area contributed by atoms with E-state index in [1.165, 1.54) is 7.11 Å². The van der Waals surface area contributed by atoms with Gasteiger partial charge >= 0.3 is 5.97 Å². The molecule has 1 aromatic rings. The van der Waals surface area contributed by atoms with Crippen molar-refractivity contribution in [3.63, 3.8) is 0 Å². The summed E-state index contributed by atoms with van der Waals surface area (Å²) in [5.74, 6) is -0.450. The fraction of sp³-hybridized carbons (Fsp3) is 0.200. The molecule has 0 spiro atoms. The number of hydrogen-bond acceptors (Lipinski definition) is 4. The summed E-state index contributed by atoms with van der Waals surface area (Å²) in [6, 6.07) is 3.21. The molecule has 0 bridgehead atoms. The van der Waals surface area contributed by atoms with E-state index in [4.69, 9.17) is 40.2 Å². The Balaban J connectivity index is 2.24. The van der Waals surface area contributed by atoms with Crippen molar-refractivity contribution in [1.82, 2.24) is 0 Å². The summed E-state index contributed by atoms with van der Waals surface area (Å²) in [6.45, 7) is 1.89. The highest BCUT2D eigenvalue weighted by atomic mass is 35.5. The normalized spacial score (nSPS) is 17.4. The first-order chi connectivity index (χ1) is 9.93. The number of benzene rings is 1. The van der Waals surface area contributed by atoms with Crippen LogP contribution in [0.15, 0.2) is 35.9 Å². The van der Waals surface area contributed by atoms with Gasteiger partial charge in [0.15, 0.2) is 0 Å². The molecule has 0 radical (unpaired) electrons. The van der Waals surface area contributed by atoms with E-state index in [1.807, 2.05) is 19.1 Å². The summed E-state index contributed by atoms with van der Waals surface area (Å²) in [6.07, 6.45) is 5.26. The molecule has 2 rings (SSSR count). The van der Waals surface area contributed by atoms with Crippen LogP contribution in [-0.4, -0.2) is 24.0 Å². The van der Waals surface area contributed by atoms with Crippen LogP contribution in [0, 0.1) is 6.92 Å². The highest BCUT2D eigenvalue weighted by molar-refractivity contribution is 7.81. The van der Waals surface area contributed by atoms with Crippen LogP contribution in [0.5, 0.6) is 0 Å². The molecule has 1 atom stereocenters. The molecule has 0 saturated heterocycles. The van der Waals surface area contributed by atoms with Gasteiger partial charge in [-0.1, -0.05) is 47.6 Å². The standard InChI is InChI=1S/C15H13Cl2NO2S/c1-8-6-13(11(17)7-10(8)16)18-12-5-3-4-9(14(12)21)15(19)20-2/h3-7,12,18H,1-2H3. The van der Waals surface area contributed by atoms with Gasteiger partial charge in [-0.15, -0.1) is 0 Å². The van der Waals surface area contributed by atoms with Crippen molar-refractivity contribution in [1.29, 1.82) is 0 Å². The second kappa shape index (κ2) is 6.60. The highest BCUT2D eigenvalue weighted by Gasteiger charge is 2.24. The maximum atomic E-state index is 11.7. The summed E-state index contributed by atoms with van der Waals surface area (Å²) in [7, 11) is 1.33. The third kappa shape index (κ3) is 3.46. The van der Waals surface area contributed by atoms with Gasteiger partial charge < -0.3 is 10.1 Å². The van der Waals surface area contributed by atoms with Crippen molar-refractivity contribution in [2.75, 3.05) is 12.4 Å². The average molecular weight is 342 g/mol. The fourth-order valence-corrected chi connectivity index (χ4v) is 2.65. The summed E-state index contributed by atoms with van der Waals surface area (Å²) < 4.78 is 4.72. The van der Waals surface area contributed by atoms with Gasteiger partial charge in [0.25, 0.3) is 0 Å². The molecule has 0 heterocycles. The Kier molecular flexibility index (Phi) is 5.04. The number of methoxy groups -OCH3 is 1. The number of rotatable bonds is 3. The molecule has 3 nitrogen and oxygen atoms in total. The highest BCUT2D eigenvalue weighted by Crippen LogP contribution is 2.30. The fourth-order valence-electron chi connectivity index (χ4n) is 1.93. The topological polar surface area (TPSA) is 38.3 Å². The minimum absolute atomic E-state index is 0.308. The molecule has 0 amide bonds. The lowest BCUT2D eigenvalue weighted by Crippen LogP contribution is -2.32. The quantitative estimate of drug-likeness (QED) is 0.662. The molecule has 1 aliphatic carbocycles. The van der Waals surface area contributed by atoms with E-state index < -0.39 is 5.97 Å². The maximum Gasteiger partial charge on any atom is 0.339 e. The molecule has 1 aromatic carbocycles. The first-order valence-corrected chi connectivity index (χ1v) is 7.33. The number of esters is 1. The lowest BCUT2D eigenvalue weighted by atomic mass is 10.00. The lowest BCUT2D eigenvalue weighted by Gasteiger charge is -2.22. The number of aryl methyl sites for hydroxylation is 1. The second-order valence-electron chi connectivity index (χ2n) is 4.52. The van der Waals surface area contributed by atoms with Crippen LogP contribution in [0.4, 0.5) is 5.69 Å². The van der Waals surface area contributed by atoms with Crippen LogP contribution in [0.3, 0.4) is 0 Å². The van der Waals surface area contributed by atoms with Gasteiger partial charge in [0, 0.05) is 5.02 Å². The van der Waals surface area contributed by atoms with E-state index in [2.05, 4.69) is 5.32 Å². The van der Waals surface area contributed by atoms with Crippen LogP contribution < -0.4 is 5.32 Å². The SMILES string of the molecule is COC(=O)C1=CC=CC(Nc2cc(C)c(Cl)cc2Cl)C1=S. The molecule has 1 unspecified atom stereocenters. The number of hydrogen-bond donors (Lipinski definition) is 1. The Hall–Kier alpha value is -1.36. The van der Waals surface area contributed by atoms with E-state index in [1.54, 1.807) is 18.2 Å². The number of allylic oxidation sites excluding steroid dienone is 2. The summed E-state index contributed by atoms with van der Waals surface area (Å²) in [4.78, 5) is 12.1. The summed E-state index contributed by atoms with van der Waals surface area (Å²) in [5.41, 5.74) is 1.98. The van der Waals surface area contributed by atoms with Gasteiger partial charge in [-0.3, -0.25) is 0 Å². The Morgan fingerprint density at radius 3 is 2.71 bits per heavy atom. The number of carbonyl (C=O) groups excluding carboxylic acids is 1. The average Bonchev–Trinajstić information content (AvgIpc) is 2.46. The molecule has 21 heavy (non-hydrogen) atoms. The molecular formula is C15H13Cl2NO2S. The van der Waals surface area contributed by atoms with Crippen molar-refractivity contribution >= 4 is 51.9 Å². The molecule has 0 aromatic heterocycles. The minimum atomic E-state index is -0.450. The number of anilines is 1. The smallest absolute Gasteiger partial charge is 0.339 e. The Morgan fingerprint density at radius 2 is 2.05 bits per heavy atom. The zero-order valence-corrected chi connectivity index (χ0v) is 13.8. The van der Waals surface area contributed by atoms with Crippen molar-refractivity contribution in [3.05, 3.63) is 51.5 Å². The number of carbonyl (C=O) groups is 1. The predicted octanol–water partition coefficient (Wildman–Crippen LogP) is 4.12. The van der Waals surface area contributed by atoms with E-state index in [-0.39, 0.29) is 6.04 Å². The second-order valence-corrected chi connectivity index (χ2v) is 5.78. The minimum Gasteiger partial charge on any atom is -0.465 e. The number of halogens is 2. The van der Waals surface area contributed by atoms with Crippen LogP contribution in [0.2, 0.25) is 10.0 Å². The van der Waals surface area contributed by atoms with E-state index in [0.717, 1.165) is 5.56 Å². The molecule has 0 fully saturated rings. The molecule has 1 aliphatic rings. The molecule has 6 heteroatoms. The Bertz CT molecular complexity index is 668. The monoisotopic (exact) mass is 341 g/mol. The lowest BCUT2D eigenvalue weighted by molar-refractivity contribution is -0.135. The molecule has 0 aliphatic heterocycles. The van der Waals surface area contributed by atoms with Gasteiger partial charge in [0.2, 0.25) is 0 Å². The van der Waals surface area contributed by atoms with Crippen molar-refractivity contribution < 1.29 is 9.53 Å². The van der Waals surface area contributed by atoms with Gasteiger partial charge in [-0.2, -0.15) is 0 Å². The zero-order chi connectivity index (χ0) is 15.6. The van der Waals surface area contributed by atoms with E-state index in [9.17, 15) is 4.79 Å². The van der Waals surface area contributed by atoms with E-state index in [0.29, 0.717) is 26.2 Å². The third-order valence-electron chi connectivity index (χ3n) is 3.08. The van der Waals surface area contributed by atoms with Gasteiger partial charge in [-0.25, -0.2) is 4.79 Å². The summed E-state index contributed by atoms with van der Waals surface area (Å²) in [5, 5.41) is 4.30. The third-order valence-corrected chi connectivity index (χ3v) is 4.27. The molecular weight excluding hydrogens is 329 g/mol. The Morgan fingerprint density at radius 1 is 1.33 bits per heavy atom. The van der Waals surface area contributed by atoms with Crippen molar-refractivity contribution in [3.8, 4) is 0 Å². The van der Waals surface area contributed by atoms with Crippen molar-refractivity contribution in [2.45, 2.75) is 13.0 Å². The number of thiocarbonyl (C=S) groups is 1. The molecule has 110 valence electrons. The van der Waals surface area contributed by atoms with E-state index >= 15 is 0 Å². The van der Waals surface area contributed by atoms with Crippen LogP contribution in [-0.2, 0) is 9.53 Å². The first-order valence-electron chi connectivity index (χ1n) is 6.17. The van der Waals surface area contributed by atoms with Crippen molar-refractivity contribution in [2.24, 2.45) is 0 Å².